The number of benzene rings is 1. The highest BCUT2D eigenvalue weighted by atomic mass is 32.2. The molecule has 7 heteroatoms. The molecule has 2 aromatic rings. The monoisotopic (exact) mass is 426 g/mol. The van der Waals surface area contributed by atoms with E-state index in [0.29, 0.717) is 22.3 Å². The van der Waals surface area contributed by atoms with E-state index in [0.717, 1.165) is 42.9 Å². The van der Waals surface area contributed by atoms with Crippen LogP contribution in [-0.2, 0) is 0 Å². The van der Waals surface area contributed by atoms with Gasteiger partial charge in [0.2, 0.25) is 0 Å². The first-order valence-electron chi connectivity index (χ1n) is 10.3. The Morgan fingerprint density at radius 3 is 2.57 bits per heavy atom. The van der Waals surface area contributed by atoms with Crippen LogP contribution in [0.25, 0.3) is 0 Å². The van der Waals surface area contributed by atoms with E-state index in [1.807, 2.05) is 56.8 Å². The van der Waals surface area contributed by atoms with E-state index in [-0.39, 0.29) is 11.6 Å². The second-order valence-electron chi connectivity index (χ2n) is 8.04. The van der Waals surface area contributed by atoms with Gasteiger partial charge in [-0.3, -0.25) is 0 Å². The van der Waals surface area contributed by atoms with Crippen LogP contribution in [0.3, 0.4) is 0 Å². The lowest BCUT2D eigenvalue weighted by Gasteiger charge is -2.35. The third-order valence-corrected chi connectivity index (χ3v) is 6.60. The van der Waals surface area contributed by atoms with Gasteiger partial charge in [-0.2, -0.15) is 11.8 Å². The molecule has 160 valence electrons. The van der Waals surface area contributed by atoms with E-state index in [2.05, 4.69) is 21.5 Å². The molecule has 0 unspecified atom stereocenters. The van der Waals surface area contributed by atoms with Gasteiger partial charge in [0.1, 0.15) is 5.82 Å². The maximum Gasteiger partial charge on any atom is 0.354 e. The summed E-state index contributed by atoms with van der Waals surface area (Å²) in [5.41, 5.74) is 3.85. The number of aromatic carboxylic acids is 1. The summed E-state index contributed by atoms with van der Waals surface area (Å²) < 4.78 is 0. The number of thioether (sulfide) groups is 1. The largest absolute Gasteiger partial charge is 0.477 e. The Labute approximate surface area is 182 Å². The van der Waals surface area contributed by atoms with Gasteiger partial charge in [0.15, 0.2) is 5.69 Å². The van der Waals surface area contributed by atoms with Gasteiger partial charge >= 0.3 is 5.97 Å². The predicted molar refractivity (Wildman–Crippen MR) is 126 cm³/mol. The minimum Gasteiger partial charge on any atom is -0.477 e. The molecule has 0 bridgehead atoms. The molecule has 0 amide bonds. The summed E-state index contributed by atoms with van der Waals surface area (Å²) in [7, 11) is 0. The lowest BCUT2D eigenvalue weighted by atomic mass is 9.96. The molecular weight excluding hydrogens is 396 g/mol. The Kier molecular flexibility index (Phi) is 7.02. The van der Waals surface area contributed by atoms with Crippen molar-refractivity contribution in [2.45, 2.75) is 38.9 Å². The lowest BCUT2D eigenvalue weighted by Crippen LogP contribution is -2.36. The predicted octanol–water partition coefficient (Wildman–Crippen LogP) is 5.19. The van der Waals surface area contributed by atoms with Crippen LogP contribution < -0.4 is 10.2 Å². The molecule has 30 heavy (non-hydrogen) atoms. The number of aromatic nitrogens is 1. The van der Waals surface area contributed by atoms with Crippen molar-refractivity contribution in [3.8, 4) is 0 Å². The molecule has 3 N–H and O–H groups in total. The number of rotatable bonds is 7. The number of carboxylic acids is 1. The van der Waals surface area contributed by atoms with Gasteiger partial charge in [0, 0.05) is 29.7 Å². The third-order valence-electron chi connectivity index (χ3n) is 5.46. The van der Waals surface area contributed by atoms with Crippen LogP contribution in [0.5, 0.6) is 0 Å². The first-order chi connectivity index (χ1) is 14.3. The Morgan fingerprint density at radius 1 is 1.30 bits per heavy atom. The average Bonchev–Trinajstić information content (AvgIpc) is 2.72. The first-order valence-corrected chi connectivity index (χ1v) is 11.6. The van der Waals surface area contributed by atoms with Crippen LogP contribution in [0, 0.1) is 18.3 Å². The Balaban J connectivity index is 2.12. The summed E-state index contributed by atoms with van der Waals surface area (Å²) in [4.78, 5) is 18.5. The van der Waals surface area contributed by atoms with Crippen LogP contribution in [0.1, 0.15) is 48.3 Å². The fourth-order valence-electron chi connectivity index (χ4n) is 3.73. The second kappa shape index (κ2) is 9.51. The molecule has 1 saturated heterocycles. The summed E-state index contributed by atoms with van der Waals surface area (Å²) in [6.45, 7) is 7.65. The molecule has 1 aromatic carbocycles. The summed E-state index contributed by atoms with van der Waals surface area (Å²) in [5.74, 6) is -0.644. The lowest BCUT2D eigenvalue weighted by molar-refractivity contribution is 0.0690. The van der Waals surface area contributed by atoms with Crippen molar-refractivity contribution in [1.29, 1.82) is 5.41 Å². The molecule has 1 aliphatic heterocycles. The van der Waals surface area contributed by atoms with Crippen molar-refractivity contribution in [2.24, 2.45) is 5.92 Å². The van der Waals surface area contributed by atoms with Crippen LogP contribution in [0.2, 0.25) is 0 Å². The van der Waals surface area contributed by atoms with Crippen molar-refractivity contribution in [3.63, 3.8) is 0 Å². The zero-order valence-electron chi connectivity index (χ0n) is 18.0. The average molecular weight is 427 g/mol. The Bertz CT molecular complexity index is 937. The molecule has 0 spiro atoms. The fraction of sp³-hybridized carbons (Fsp3) is 0.435. The Morgan fingerprint density at radius 2 is 2.00 bits per heavy atom. The van der Waals surface area contributed by atoms with E-state index >= 15 is 0 Å². The van der Waals surface area contributed by atoms with Crippen LogP contribution in [0.15, 0.2) is 30.3 Å². The van der Waals surface area contributed by atoms with Crippen molar-refractivity contribution in [3.05, 3.63) is 47.2 Å². The molecule has 1 aliphatic rings. The zero-order valence-corrected chi connectivity index (χ0v) is 18.8. The van der Waals surface area contributed by atoms with Crippen LogP contribution in [0.4, 0.5) is 17.2 Å². The highest BCUT2D eigenvalue weighted by Crippen LogP contribution is 2.34. The Hall–Kier alpha value is -2.54. The standard InChI is InChI=1S/C23H30N4O2S/c1-14(2)21(24)20-19(27-10-8-17(30-4)9-11-27)13-18(23(28)29)26-22(20)25-16-7-5-6-15(3)12-16/h5-7,12-14,17,24H,8-11H2,1-4H3,(H,25,26)(H,28,29). The number of piperidine rings is 1. The number of carbonyl (C=O) groups is 1. The smallest absolute Gasteiger partial charge is 0.354 e. The van der Waals surface area contributed by atoms with E-state index in [9.17, 15) is 9.90 Å². The maximum absolute atomic E-state index is 11.8. The molecule has 1 aromatic heterocycles. The molecule has 0 aliphatic carbocycles. The topological polar surface area (TPSA) is 89.3 Å². The highest BCUT2D eigenvalue weighted by Gasteiger charge is 2.27. The summed E-state index contributed by atoms with van der Waals surface area (Å²) in [6.07, 6.45) is 4.22. The minimum absolute atomic E-state index is 0.00699. The van der Waals surface area contributed by atoms with Crippen molar-refractivity contribution >= 4 is 40.6 Å². The highest BCUT2D eigenvalue weighted by molar-refractivity contribution is 7.99. The number of nitrogens with zero attached hydrogens (tertiary/aromatic N) is 2. The molecule has 3 rings (SSSR count). The number of nitrogens with one attached hydrogen (secondary N) is 2. The van der Waals surface area contributed by atoms with E-state index < -0.39 is 5.97 Å². The quantitative estimate of drug-likeness (QED) is 0.528. The molecule has 2 heterocycles. The normalized spacial score (nSPS) is 14.8. The van der Waals surface area contributed by atoms with Gasteiger partial charge in [-0.15, -0.1) is 0 Å². The SMILES string of the molecule is CSC1CCN(c2cc(C(=O)O)nc(Nc3cccc(C)c3)c2C(=N)C(C)C)CC1. The van der Waals surface area contributed by atoms with Gasteiger partial charge < -0.3 is 20.7 Å². The minimum atomic E-state index is -1.06. The number of aryl methyl sites for hydroxylation is 1. The fourth-order valence-corrected chi connectivity index (χ4v) is 4.41. The van der Waals surface area contributed by atoms with Crippen molar-refractivity contribution in [1.82, 2.24) is 4.98 Å². The van der Waals surface area contributed by atoms with Gasteiger partial charge in [-0.25, -0.2) is 9.78 Å². The summed E-state index contributed by atoms with van der Waals surface area (Å²) >= 11 is 1.88. The molecule has 0 saturated carbocycles. The third kappa shape index (κ3) is 4.95. The molecular formula is C23H30N4O2S. The number of hydrogen-bond donors (Lipinski definition) is 3. The molecule has 0 atom stereocenters. The zero-order chi connectivity index (χ0) is 21.8. The van der Waals surface area contributed by atoms with Gasteiger partial charge in [-0.1, -0.05) is 26.0 Å². The molecule has 0 radical (unpaired) electrons. The van der Waals surface area contributed by atoms with Crippen LogP contribution >= 0.6 is 11.8 Å². The number of pyridine rings is 1. The summed E-state index contributed by atoms with van der Waals surface area (Å²) in [5, 5.41) is 22.4. The van der Waals surface area contributed by atoms with E-state index in [4.69, 9.17) is 5.41 Å². The van der Waals surface area contributed by atoms with E-state index in [1.165, 1.54) is 0 Å². The molecule has 6 nitrogen and oxygen atoms in total. The van der Waals surface area contributed by atoms with Gasteiger partial charge in [0.25, 0.3) is 0 Å². The van der Waals surface area contributed by atoms with Gasteiger partial charge in [-0.05, 0) is 55.7 Å². The van der Waals surface area contributed by atoms with E-state index in [1.54, 1.807) is 6.07 Å². The van der Waals surface area contributed by atoms with Crippen LogP contribution in [-0.4, -0.2) is 46.4 Å². The van der Waals surface area contributed by atoms with Gasteiger partial charge in [0.05, 0.1) is 11.3 Å². The summed E-state index contributed by atoms with van der Waals surface area (Å²) in [6, 6.07) is 9.50. The number of hydrogen-bond acceptors (Lipinski definition) is 6. The second-order valence-corrected chi connectivity index (χ2v) is 9.18. The first kappa shape index (κ1) is 22.2. The number of anilines is 3. The molecule has 1 fully saturated rings. The maximum atomic E-state index is 11.8. The van der Waals surface area contributed by atoms with Crippen molar-refractivity contribution in [2.75, 3.05) is 29.6 Å². The van der Waals surface area contributed by atoms with Crippen molar-refractivity contribution < 1.29 is 9.90 Å². The number of carboxylic acid groups (broad SMARTS) is 1.